The van der Waals surface area contributed by atoms with Gasteiger partial charge in [0.1, 0.15) is 5.75 Å². The van der Waals surface area contributed by atoms with Crippen molar-refractivity contribution in [3.8, 4) is 17.2 Å². The summed E-state index contributed by atoms with van der Waals surface area (Å²) in [6.45, 7) is 1.15. The Balaban J connectivity index is 2.03. The largest absolute Gasteiger partial charge is 0.493 e. The number of halogens is 1. The Morgan fingerprint density at radius 1 is 1.00 bits per heavy atom. The normalized spacial score (nSPS) is 10.1. The number of carbonyl (C=O) groups is 2. The number of ketones is 1. The van der Waals surface area contributed by atoms with Crippen molar-refractivity contribution in [2.24, 2.45) is 0 Å². The van der Waals surface area contributed by atoms with E-state index >= 15 is 0 Å². The number of ether oxygens (including phenoxy) is 3. The molecule has 0 bridgehead atoms. The second kappa shape index (κ2) is 8.39. The molecule has 0 heterocycles. The number of anilines is 1. The zero-order valence-corrected chi connectivity index (χ0v) is 14.8. The summed E-state index contributed by atoms with van der Waals surface area (Å²) in [6, 6.07) is 9.66. The van der Waals surface area contributed by atoms with Crippen molar-refractivity contribution in [3.05, 3.63) is 47.0 Å². The van der Waals surface area contributed by atoms with E-state index in [1.165, 1.54) is 27.2 Å². The van der Waals surface area contributed by atoms with Crippen LogP contribution in [-0.4, -0.2) is 32.5 Å². The first-order valence-corrected chi connectivity index (χ1v) is 7.77. The van der Waals surface area contributed by atoms with Crippen molar-refractivity contribution in [1.82, 2.24) is 0 Å². The summed E-state index contributed by atoms with van der Waals surface area (Å²) in [5.74, 6) is 0.788. The molecule has 0 aliphatic rings. The molecule has 0 saturated carbocycles. The highest BCUT2D eigenvalue weighted by molar-refractivity contribution is 6.31. The molecular weight excluding hydrogens is 346 g/mol. The van der Waals surface area contributed by atoms with Gasteiger partial charge in [-0.2, -0.15) is 0 Å². The van der Waals surface area contributed by atoms with Crippen LogP contribution in [0.15, 0.2) is 36.4 Å². The lowest BCUT2D eigenvalue weighted by Gasteiger charge is -2.12. The average Bonchev–Trinajstić information content (AvgIpc) is 2.60. The van der Waals surface area contributed by atoms with Gasteiger partial charge in [-0.15, -0.1) is 0 Å². The third-order valence-corrected chi connectivity index (χ3v) is 3.58. The second-order valence-corrected chi connectivity index (χ2v) is 5.54. The first-order chi connectivity index (χ1) is 11.9. The van der Waals surface area contributed by atoms with Crippen LogP contribution in [0.5, 0.6) is 17.2 Å². The zero-order chi connectivity index (χ0) is 18.4. The molecule has 6 nitrogen and oxygen atoms in total. The van der Waals surface area contributed by atoms with Crippen LogP contribution in [0.1, 0.15) is 17.3 Å². The molecule has 0 aliphatic heterocycles. The molecular formula is C18H18ClNO5. The smallest absolute Gasteiger partial charge is 0.262 e. The summed E-state index contributed by atoms with van der Waals surface area (Å²) in [5.41, 5.74) is 0.862. The molecule has 0 aliphatic carbocycles. The van der Waals surface area contributed by atoms with Crippen molar-refractivity contribution in [2.75, 3.05) is 26.1 Å². The van der Waals surface area contributed by atoms with Crippen LogP contribution in [0.3, 0.4) is 0 Å². The van der Waals surface area contributed by atoms with Crippen molar-refractivity contribution in [2.45, 2.75) is 6.92 Å². The molecule has 0 radical (unpaired) electrons. The van der Waals surface area contributed by atoms with Crippen LogP contribution in [0, 0.1) is 0 Å². The minimum Gasteiger partial charge on any atom is -0.493 e. The van der Waals surface area contributed by atoms with E-state index in [-0.39, 0.29) is 18.3 Å². The maximum Gasteiger partial charge on any atom is 0.262 e. The van der Waals surface area contributed by atoms with Crippen molar-refractivity contribution < 1.29 is 23.8 Å². The highest BCUT2D eigenvalue weighted by Crippen LogP contribution is 2.29. The van der Waals surface area contributed by atoms with Gasteiger partial charge >= 0.3 is 0 Å². The van der Waals surface area contributed by atoms with E-state index in [0.717, 1.165) is 0 Å². The lowest BCUT2D eigenvalue weighted by molar-refractivity contribution is -0.118. The van der Waals surface area contributed by atoms with Crippen LogP contribution < -0.4 is 19.5 Å². The Morgan fingerprint density at radius 2 is 1.68 bits per heavy atom. The molecule has 1 N–H and O–H groups in total. The molecule has 0 aromatic heterocycles. The van der Waals surface area contributed by atoms with Crippen LogP contribution in [0.25, 0.3) is 0 Å². The van der Waals surface area contributed by atoms with Gasteiger partial charge in [-0.25, -0.2) is 0 Å². The number of methoxy groups -OCH3 is 2. The fraction of sp³-hybridized carbons (Fsp3) is 0.222. The first-order valence-electron chi connectivity index (χ1n) is 7.39. The van der Waals surface area contributed by atoms with Gasteiger partial charge in [-0.3, -0.25) is 9.59 Å². The molecule has 7 heteroatoms. The Hall–Kier alpha value is -2.73. The van der Waals surface area contributed by atoms with Crippen molar-refractivity contribution >= 4 is 29.0 Å². The molecule has 0 saturated heterocycles. The fourth-order valence-corrected chi connectivity index (χ4v) is 2.33. The van der Waals surface area contributed by atoms with E-state index < -0.39 is 0 Å². The SMILES string of the molecule is COc1ccc(NC(=O)COc2ccc(Cl)cc2C(C)=O)cc1OC. The molecule has 2 rings (SSSR count). The molecule has 0 fully saturated rings. The summed E-state index contributed by atoms with van der Waals surface area (Å²) in [6.07, 6.45) is 0. The van der Waals surface area contributed by atoms with E-state index in [0.29, 0.717) is 33.5 Å². The van der Waals surface area contributed by atoms with Crippen LogP contribution in [0.2, 0.25) is 5.02 Å². The molecule has 0 unspecified atom stereocenters. The average molecular weight is 364 g/mol. The number of amides is 1. The van der Waals surface area contributed by atoms with E-state index in [4.69, 9.17) is 25.8 Å². The Bertz CT molecular complexity index is 791. The van der Waals surface area contributed by atoms with Gasteiger partial charge in [-0.1, -0.05) is 11.6 Å². The molecule has 1 amide bonds. The summed E-state index contributed by atoms with van der Waals surface area (Å²) in [7, 11) is 3.04. The number of hydrogen-bond donors (Lipinski definition) is 1. The molecule has 2 aromatic carbocycles. The van der Waals surface area contributed by atoms with Gasteiger partial charge in [0.25, 0.3) is 5.91 Å². The van der Waals surface area contributed by atoms with E-state index in [1.54, 1.807) is 30.3 Å². The number of nitrogens with one attached hydrogen (secondary N) is 1. The summed E-state index contributed by atoms with van der Waals surface area (Å²) >= 11 is 5.88. The Labute approximate surface area is 150 Å². The number of rotatable bonds is 7. The maximum absolute atomic E-state index is 12.1. The van der Waals surface area contributed by atoms with E-state index in [1.807, 2.05) is 0 Å². The minimum absolute atomic E-state index is 0.196. The lowest BCUT2D eigenvalue weighted by Crippen LogP contribution is -2.20. The molecule has 25 heavy (non-hydrogen) atoms. The second-order valence-electron chi connectivity index (χ2n) is 5.10. The molecule has 132 valence electrons. The third-order valence-electron chi connectivity index (χ3n) is 3.35. The molecule has 0 spiro atoms. The number of Topliss-reactive ketones (excluding diaryl/α,β-unsaturated/α-hetero) is 1. The highest BCUT2D eigenvalue weighted by atomic mass is 35.5. The quantitative estimate of drug-likeness (QED) is 0.761. The first kappa shape index (κ1) is 18.6. The summed E-state index contributed by atoms with van der Waals surface area (Å²) in [4.78, 5) is 23.7. The number of benzene rings is 2. The molecule has 2 aromatic rings. The van der Waals surface area contributed by atoms with Crippen LogP contribution in [0.4, 0.5) is 5.69 Å². The number of carbonyl (C=O) groups excluding carboxylic acids is 2. The van der Waals surface area contributed by atoms with Gasteiger partial charge in [-0.05, 0) is 37.3 Å². The van der Waals surface area contributed by atoms with Crippen molar-refractivity contribution in [3.63, 3.8) is 0 Å². The molecule has 0 atom stereocenters. The monoisotopic (exact) mass is 363 g/mol. The van der Waals surface area contributed by atoms with Gasteiger partial charge in [0, 0.05) is 16.8 Å². The van der Waals surface area contributed by atoms with Gasteiger partial charge < -0.3 is 19.5 Å². The predicted octanol–water partition coefficient (Wildman–Crippen LogP) is 3.58. The maximum atomic E-state index is 12.1. The van der Waals surface area contributed by atoms with Crippen LogP contribution in [-0.2, 0) is 4.79 Å². The topological polar surface area (TPSA) is 73.9 Å². The lowest BCUT2D eigenvalue weighted by atomic mass is 10.1. The van der Waals surface area contributed by atoms with Crippen molar-refractivity contribution in [1.29, 1.82) is 0 Å². The zero-order valence-electron chi connectivity index (χ0n) is 14.1. The predicted molar refractivity (Wildman–Crippen MR) is 95.1 cm³/mol. The standard InChI is InChI=1S/C18H18ClNO5/c1-11(21)14-8-12(19)4-6-15(14)25-10-18(22)20-13-5-7-16(23-2)17(9-13)24-3/h4-9H,10H2,1-3H3,(H,20,22). The van der Waals surface area contributed by atoms with E-state index in [2.05, 4.69) is 5.32 Å². The van der Waals surface area contributed by atoms with Gasteiger partial charge in [0.2, 0.25) is 0 Å². The summed E-state index contributed by atoms with van der Waals surface area (Å²) in [5, 5.41) is 3.11. The number of hydrogen-bond acceptors (Lipinski definition) is 5. The van der Waals surface area contributed by atoms with Crippen LogP contribution >= 0.6 is 11.6 Å². The Kier molecular flexibility index (Phi) is 6.25. The Morgan fingerprint density at radius 3 is 2.32 bits per heavy atom. The summed E-state index contributed by atoms with van der Waals surface area (Å²) < 4.78 is 15.8. The third kappa shape index (κ3) is 4.87. The van der Waals surface area contributed by atoms with Gasteiger partial charge in [0.15, 0.2) is 23.9 Å². The van der Waals surface area contributed by atoms with Gasteiger partial charge in [0.05, 0.1) is 19.8 Å². The highest BCUT2D eigenvalue weighted by Gasteiger charge is 2.12. The fourth-order valence-electron chi connectivity index (χ4n) is 2.16. The minimum atomic E-state index is -0.378. The van der Waals surface area contributed by atoms with E-state index in [9.17, 15) is 9.59 Å².